The fourth-order valence-electron chi connectivity index (χ4n) is 9.35. The summed E-state index contributed by atoms with van der Waals surface area (Å²) in [5, 5.41) is 11.8. The van der Waals surface area contributed by atoms with Gasteiger partial charge in [0.25, 0.3) is 0 Å². The van der Waals surface area contributed by atoms with Gasteiger partial charge in [0.15, 0.2) is 5.84 Å². The first kappa shape index (κ1) is 33.6. The van der Waals surface area contributed by atoms with Gasteiger partial charge in [-0.2, -0.15) is 0 Å². The van der Waals surface area contributed by atoms with Crippen LogP contribution in [0.5, 0.6) is 0 Å². The number of aliphatic imine (C=N–C) groups is 2. The summed E-state index contributed by atoms with van der Waals surface area (Å²) in [6.45, 7) is 2.28. The van der Waals surface area contributed by atoms with E-state index in [1.54, 1.807) is 0 Å². The third-order valence-corrected chi connectivity index (χ3v) is 12.2. The summed E-state index contributed by atoms with van der Waals surface area (Å²) >= 11 is 0. The van der Waals surface area contributed by atoms with E-state index >= 15 is 0 Å². The highest BCUT2D eigenvalue weighted by molar-refractivity contribution is 6.20. The quantitative estimate of drug-likeness (QED) is 0.165. The molecule has 0 saturated heterocycles. The first-order chi connectivity index (χ1) is 29.2. The van der Waals surface area contributed by atoms with Gasteiger partial charge in [0.2, 0.25) is 0 Å². The molecule has 1 aliphatic heterocycles. The number of hydrogen-bond donors (Lipinski definition) is 0. The summed E-state index contributed by atoms with van der Waals surface area (Å²) in [6.07, 6.45) is 3.10. The summed E-state index contributed by atoms with van der Waals surface area (Å²) in [4.78, 5) is 11.2. The minimum absolute atomic E-state index is 0.129. The lowest BCUT2D eigenvalue weighted by atomic mass is 9.93. The molecule has 2 aromatic heterocycles. The maximum absolute atomic E-state index is 6.62. The fourth-order valence-corrected chi connectivity index (χ4v) is 9.35. The Kier molecular flexibility index (Phi) is 7.54. The zero-order chi connectivity index (χ0) is 39.0. The number of fused-ring (bicyclic) bond motifs is 10. The standard InChI is InChI=1S/C55H37N3O/c1-34-23-29-47(56-55(57-53(34)36-14-3-2-4-15-36)40-26-27-42-39(31-40)25-24-35-13-7-8-18-41(35)42)44-28-30-51-52(45-20-10-12-22-50(45)59-51)54(44)58-48-21-11-9-19-43(48)46-32-37-16-5-6-17-38(37)33-49(46)58/h2-22,24-34H,23H2,1H3/b47-29+,56-55-,57-53+. The van der Waals surface area contributed by atoms with Crippen molar-refractivity contribution in [1.82, 2.24) is 4.57 Å². The first-order valence-electron chi connectivity index (χ1n) is 20.4. The largest absolute Gasteiger partial charge is 0.456 e. The molecular weight excluding hydrogens is 719 g/mol. The number of furan rings is 1. The van der Waals surface area contributed by atoms with Gasteiger partial charge in [-0.3, -0.25) is 0 Å². The van der Waals surface area contributed by atoms with Crippen molar-refractivity contribution in [1.29, 1.82) is 0 Å². The highest BCUT2D eigenvalue weighted by Crippen LogP contribution is 2.44. The Hall–Kier alpha value is -7.56. The normalized spacial score (nSPS) is 17.6. The van der Waals surface area contributed by atoms with Gasteiger partial charge in [-0.25, -0.2) is 9.98 Å². The molecule has 278 valence electrons. The molecule has 59 heavy (non-hydrogen) atoms. The van der Waals surface area contributed by atoms with E-state index in [-0.39, 0.29) is 5.92 Å². The Morgan fingerprint density at radius 2 is 1.19 bits per heavy atom. The first-order valence-corrected chi connectivity index (χ1v) is 20.4. The summed E-state index contributed by atoms with van der Waals surface area (Å²) in [6, 6.07) is 65.0. The van der Waals surface area contributed by atoms with Crippen molar-refractivity contribution in [3.8, 4) is 5.69 Å². The molecule has 0 bridgehead atoms. The Morgan fingerprint density at radius 3 is 2.05 bits per heavy atom. The Balaban J connectivity index is 1.17. The minimum atomic E-state index is 0.129. The lowest BCUT2D eigenvalue weighted by Gasteiger charge is -2.20. The van der Waals surface area contributed by atoms with E-state index in [0.29, 0.717) is 5.84 Å². The molecule has 0 N–H and O–H groups in total. The van der Waals surface area contributed by atoms with Gasteiger partial charge >= 0.3 is 0 Å². The van der Waals surface area contributed by atoms with E-state index in [1.165, 1.54) is 37.7 Å². The minimum Gasteiger partial charge on any atom is -0.456 e. The van der Waals surface area contributed by atoms with Gasteiger partial charge in [0.05, 0.1) is 33.5 Å². The van der Waals surface area contributed by atoms with Crippen molar-refractivity contribution in [3.05, 3.63) is 205 Å². The molecule has 9 aromatic carbocycles. The second-order valence-electron chi connectivity index (χ2n) is 15.7. The SMILES string of the molecule is CC1C/C=C(c2ccc3oc4ccccc4c3c2-n2c3ccccc3c3cc4ccccc4cc32)/N=C(c2ccc3c(ccc4ccccc43)c2)\N=C/1c1ccccc1. The van der Waals surface area contributed by atoms with Crippen LogP contribution in [-0.2, 0) is 0 Å². The fraction of sp³-hybridized carbons (Fsp3) is 0.0545. The second kappa shape index (κ2) is 13.3. The van der Waals surface area contributed by atoms with Crippen LogP contribution < -0.4 is 0 Å². The highest BCUT2D eigenvalue weighted by Gasteiger charge is 2.25. The number of amidine groups is 1. The predicted octanol–water partition coefficient (Wildman–Crippen LogP) is 14.5. The van der Waals surface area contributed by atoms with E-state index in [2.05, 4.69) is 193 Å². The number of rotatable bonds is 4. The molecule has 0 spiro atoms. The molecule has 3 heterocycles. The average molecular weight is 756 g/mol. The summed E-state index contributed by atoms with van der Waals surface area (Å²) in [5.74, 6) is 0.817. The van der Waals surface area contributed by atoms with Crippen LogP contribution in [0.15, 0.2) is 202 Å². The maximum Gasteiger partial charge on any atom is 0.160 e. The lowest BCUT2D eigenvalue weighted by Crippen LogP contribution is -2.17. The summed E-state index contributed by atoms with van der Waals surface area (Å²) in [7, 11) is 0. The van der Waals surface area contributed by atoms with Crippen molar-refractivity contribution >= 4 is 93.3 Å². The van der Waals surface area contributed by atoms with Crippen LogP contribution in [0.3, 0.4) is 0 Å². The molecular formula is C55H37N3O. The molecule has 1 aliphatic rings. The third-order valence-electron chi connectivity index (χ3n) is 12.2. The topological polar surface area (TPSA) is 42.8 Å². The van der Waals surface area contributed by atoms with Crippen LogP contribution >= 0.6 is 0 Å². The van der Waals surface area contributed by atoms with E-state index in [4.69, 9.17) is 14.4 Å². The zero-order valence-electron chi connectivity index (χ0n) is 32.4. The molecule has 1 atom stereocenters. The Morgan fingerprint density at radius 1 is 0.492 bits per heavy atom. The molecule has 4 nitrogen and oxygen atoms in total. The maximum atomic E-state index is 6.62. The monoisotopic (exact) mass is 755 g/mol. The van der Waals surface area contributed by atoms with Crippen molar-refractivity contribution in [3.63, 3.8) is 0 Å². The van der Waals surface area contributed by atoms with Gasteiger partial charge in [-0.1, -0.05) is 153 Å². The van der Waals surface area contributed by atoms with Crippen LogP contribution in [0.25, 0.3) is 87.4 Å². The average Bonchev–Trinajstić information content (AvgIpc) is 3.82. The highest BCUT2D eigenvalue weighted by atomic mass is 16.3. The van der Waals surface area contributed by atoms with Crippen molar-refractivity contribution in [2.24, 2.45) is 15.9 Å². The molecule has 0 fully saturated rings. The number of allylic oxidation sites excluding steroid dienone is 1. The molecule has 0 amide bonds. The molecule has 0 radical (unpaired) electrons. The van der Waals surface area contributed by atoms with E-state index in [1.807, 2.05) is 6.07 Å². The Labute approximate surface area is 340 Å². The smallest absolute Gasteiger partial charge is 0.160 e. The molecule has 12 rings (SSSR count). The van der Waals surface area contributed by atoms with Crippen LogP contribution in [0.4, 0.5) is 0 Å². The van der Waals surface area contributed by atoms with Gasteiger partial charge in [-0.15, -0.1) is 0 Å². The van der Waals surface area contributed by atoms with Gasteiger partial charge in [0.1, 0.15) is 11.2 Å². The van der Waals surface area contributed by atoms with Crippen LogP contribution in [0.1, 0.15) is 30.0 Å². The van der Waals surface area contributed by atoms with Crippen molar-refractivity contribution in [2.45, 2.75) is 13.3 Å². The zero-order valence-corrected chi connectivity index (χ0v) is 32.4. The van der Waals surface area contributed by atoms with Crippen molar-refractivity contribution < 1.29 is 4.42 Å². The summed E-state index contributed by atoms with van der Waals surface area (Å²) in [5.41, 5.74) is 10.0. The number of benzene rings is 9. The molecule has 4 heteroatoms. The predicted molar refractivity (Wildman–Crippen MR) is 248 cm³/mol. The molecule has 11 aromatic rings. The van der Waals surface area contributed by atoms with Crippen LogP contribution in [-0.4, -0.2) is 16.1 Å². The molecule has 0 saturated carbocycles. The van der Waals surface area contributed by atoms with Crippen LogP contribution in [0.2, 0.25) is 0 Å². The number of hydrogen-bond acceptors (Lipinski definition) is 3. The van der Waals surface area contributed by atoms with Gasteiger partial charge in [-0.05, 0) is 86.8 Å². The van der Waals surface area contributed by atoms with Gasteiger partial charge < -0.3 is 8.98 Å². The van der Waals surface area contributed by atoms with E-state index in [9.17, 15) is 0 Å². The molecule has 1 unspecified atom stereocenters. The third kappa shape index (κ3) is 5.37. The van der Waals surface area contributed by atoms with Crippen LogP contribution in [0, 0.1) is 5.92 Å². The number of para-hydroxylation sites is 2. The van der Waals surface area contributed by atoms with Crippen molar-refractivity contribution in [2.75, 3.05) is 0 Å². The number of aromatic nitrogens is 1. The Bertz CT molecular complexity index is 3600. The second-order valence-corrected chi connectivity index (χ2v) is 15.7. The van der Waals surface area contributed by atoms with E-state index in [0.717, 1.165) is 78.6 Å². The van der Waals surface area contributed by atoms with Gasteiger partial charge in [0, 0.05) is 33.2 Å². The summed E-state index contributed by atoms with van der Waals surface area (Å²) < 4.78 is 9.08. The molecule has 0 aliphatic carbocycles. The lowest BCUT2D eigenvalue weighted by molar-refractivity contribution is 0.669. The van der Waals surface area contributed by atoms with E-state index < -0.39 is 0 Å². The number of nitrogens with zero attached hydrogens (tertiary/aromatic N) is 3.